The van der Waals surface area contributed by atoms with E-state index in [-0.39, 0.29) is 24.3 Å². The second kappa shape index (κ2) is 22.5. The normalized spacial score (nSPS) is 23.5. The Labute approximate surface area is 256 Å². The SMILES string of the molecule is CCCCC[C@@H](O)[C@@H](O)CCCCCC[C@H](O)[C@@H]1CC[C@H](CCCCCCCCCC[C@H](O)CC2=C[C@H](C)OC2=O)O1. The molecule has 0 radical (unpaired) electrons. The summed E-state index contributed by atoms with van der Waals surface area (Å²) in [5.41, 5.74) is 0.621. The summed E-state index contributed by atoms with van der Waals surface area (Å²) < 4.78 is 11.3. The minimum absolute atomic E-state index is 0.0131. The third-order valence-corrected chi connectivity index (χ3v) is 9.13. The third kappa shape index (κ3) is 16.2. The maximum atomic E-state index is 11.6. The molecular weight excluding hydrogens is 532 g/mol. The molecule has 2 rings (SSSR count). The van der Waals surface area contributed by atoms with Crippen LogP contribution in [-0.2, 0) is 14.3 Å². The third-order valence-electron chi connectivity index (χ3n) is 9.13. The summed E-state index contributed by atoms with van der Waals surface area (Å²) in [6.07, 6.45) is 23.0. The van der Waals surface area contributed by atoms with E-state index < -0.39 is 18.3 Å². The highest BCUT2D eigenvalue weighted by atomic mass is 16.5. The summed E-state index contributed by atoms with van der Waals surface area (Å²) in [6.45, 7) is 3.98. The van der Waals surface area contributed by atoms with E-state index in [1.807, 2.05) is 13.0 Å². The average molecular weight is 597 g/mol. The minimum atomic E-state index is -0.604. The molecule has 0 amide bonds. The van der Waals surface area contributed by atoms with E-state index in [4.69, 9.17) is 9.47 Å². The van der Waals surface area contributed by atoms with Gasteiger partial charge in [0.2, 0.25) is 0 Å². The summed E-state index contributed by atoms with van der Waals surface area (Å²) >= 11 is 0. The van der Waals surface area contributed by atoms with Crippen LogP contribution in [0.5, 0.6) is 0 Å². The molecule has 1 saturated heterocycles. The van der Waals surface area contributed by atoms with Crippen molar-refractivity contribution in [2.75, 3.05) is 0 Å². The van der Waals surface area contributed by atoms with Crippen molar-refractivity contribution >= 4 is 5.97 Å². The van der Waals surface area contributed by atoms with Crippen LogP contribution in [0.15, 0.2) is 11.6 Å². The summed E-state index contributed by atoms with van der Waals surface area (Å²) in [5.74, 6) is -0.277. The lowest BCUT2D eigenvalue weighted by Gasteiger charge is -2.20. The van der Waals surface area contributed by atoms with Crippen LogP contribution in [0.2, 0.25) is 0 Å². The molecule has 0 aromatic heterocycles. The Hall–Kier alpha value is -0.990. The van der Waals surface area contributed by atoms with E-state index in [0.717, 1.165) is 89.9 Å². The first-order valence-electron chi connectivity index (χ1n) is 17.6. The van der Waals surface area contributed by atoms with Crippen molar-refractivity contribution in [3.63, 3.8) is 0 Å². The first-order valence-corrected chi connectivity index (χ1v) is 17.6. The van der Waals surface area contributed by atoms with Gasteiger partial charge in [0.05, 0.1) is 36.6 Å². The van der Waals surface area contributed by atoms with Crippen LogP contribution in [0.25, 0.3) is 0 Å². The number of aliphatic hydroxyl groups is 4. The van der Waals surface area contributed by atoms with Crippen LogP contribution in [-0.4, -0.2) is 69.1 Å². The first-order chi connectivity index (χ1) is 20.3. The van der Waals surface area contributed by atoms with Crippen molar-refractivity contribution in [2.45, 2.75) is 204 Å². The molecule has 0 spiro atoms. The van der Waals surface area contributed by atoms with Gasteiger partial charge in [0, 0.05) is 12.0 Å². The number of ether oxygens (including phenoxy) is 2. The Balaban J connectivity index is 1.36. The number of aliphatic hydroxyl groups excluding tert-OH is 4. The van der Waals surface area contributed by atoms with Crippen molar-refractivity contribution < 1.29 is 34.7 Å². The van der Waals surface area contributed by atoms with Gasteiger partial charge in [-0.25, -0.2) is 4.79 Å². The number of esters is 1. The maximum Gasteiger partial charge on any atom is 0.334 e. The number of carbonyl (C=O) groups excluding carboxylic acids is 1. The Morgan fingerprint density at radius 3 is 1.88 bits per heavy atom. The summed E-state index contributed by atoms with van der Waals surface area (Å²) in [6, 6.07) is 0. The lowest BCUT2D eigenvalue weighted by atomic mass is 9.99. The van der Waals surface area contributed by atoms with Gasteiger partial charge in [-0.15, -0.1) is 0 Å². The van der Waals surface area contributed by atoms with Crippen LogP contribution in [0.1, 0.15) is 162 Å². The number of rotatable bonds is 26. The molecule has 246 valence electrons. The Morgan fingerprint density at radius 1 is 0.738 bits per heavy atom. The Kier molecular flexibility index (Phi) is 19.9. The molecule has 0 bridgehead atoms. The minimum Gasteiger partial charge on any atom is -0.455 e. The zero-order valence-corrected chi connectivity index (χ0v) is 26.9. The highest BCUT2D eigenvalue weighted by Gasteiger charge is 2.30. The molecule has 7 heteroatoms. The van der Waals surface area contributed by atoms with E-state index in [9.17, 15) is 25.2 Å². The van der Waals surface area contributed by atoms with E-state index in [0.29, 0.717) is 30.9 Å². The van der Waals surface area contributed by atoms with Crippen molar-refractivity contribution in [3.8, 4) is 0 Å². The van der Waals surface area contributed by atoms with Gasteiger partial charge < -0.3 is 29.9 Å². The summed E-state index contributed by atoms with van der Waals surface area (Å²) in [7, 11) is 0. The first kappa shape index (κ1) is 37.2. The highest BCUT2D eigenvalue weighted by Crippen LogP contribution is 2.28. The van der Waals surface area contributed by atoms with Crippen molar-refractivity contribution in [1.82, 2.24) is 0 Å². The van der Waals surface area contributed by atoms with Gasteiger partial charge in [-0.1, -0.05) is 103 Å². The molecule has 0 aliphatic carbocycles. The van der Waals surface area contributed by atoms with E-state index in [1.165, 1.54) is 38.5 Å². The standard InChI is InChI=1S/C35H64O7/c1-3-4-13-20-31(37)32(38)21-16-11-12-17-22-33(39)34-24-23-30(42-34)19-15-10-8-6-5-7-9-14-18-29(36)26-28-25-27(2)41-35(28)40/h25,27,29-34,36-39H,3-24,26H2,1-2H3/t27-,29-,30-,31+,32-,33-,34-/m0/s1. The van der Waals surface area contributed by atoms with Gasteiger partial charge in [0.15, 0.2) is 0 Å². The summed E-state index contributed by atoms with van der Waals surface area (Å²) in [5, 5.41) is 40.9. The average Bonchev–Trinajstić information content (AvgIpc) is 3.56. The van der Waals surface area contributed by atoms with Crippen LogP contribution in [0, 0.1) is 0 Å². The predicted octanol–water partition coefficient (Wildman–Crippen LogP) is 7.06. The van der Waals surface area contributed by atoms with Crippen LogP contribution in [0.4, 0.5) is 0 Å². The van der Waals surface area contributed by atoms with E-state index in [1.54, 1.807) is 0 Å². The van der Waals surface area contributed by atoms with Crippen molar-refractivity contribution in [1.29, 1.82) is 0 Å². The molecule has 4 N–H and O–H groups in total. The highest BCUT2D eigenvalue weighted by molar-refractivity contribution is 5.90. The lowest BCUT2D eigenvalue weighted by Crippen LogP contribution is -2.26. The van der Waals surface area contributed by atoms with Gasteiger partial charge in [-0.05, 0) is 57.9 Å². The van der Waals surface area contributed by atoms with E-state index in [2.05, 4.69) is 6.92 Å². The topological polar surface area (TPSA) is 116 Å². The molecule has 2 heterocycles. The number of hydrogen-bond donors (Lipinski definition) is 4. The van der Waals surface area contributed by atoms with Gasteiger partial charge >= 0.3 is 5.97 Å². The van der Waals surface area contributed by atoms with Crippen molar-refractivity contribution in [2.24, 2.45) is 0 Å². The monoisotopic (exact) mass is 596 g/mol. The molecule has 1 fully saturated rings. The van der Waals surface area contributed by atoms with Gasteiger partial charge in [-0.3, -0.25) is 0 Å². The second-order valence-electron chi connectivity index (χ2n) is 13.1. The quantitative estimate of drug-likeness (QED) is 0.0624. The van der Waals surface area contributed by atoms with Gasteiger partial charge in [0.25, 0.3) is 0 Å². The molecule has 7 atom stereocenters. The second-order valence-corrected chi connectivity index (χ2v) is 13.1. The van der Waals surface area contributed by atoms with Crippen molar-refractivity contribution in [3.05, 3.63) is 11.6 Å². The number of cyclic esters (lactones) is 1. The number of unbranched alkanes of at least 4 members (excludes halogenated alkanes) is 12. The number of carbonyl (C=O) groups is 1. The molecule has 0 saturated carbocycles. The molecule has 2 aliphatic heterocycles. The summed E-state index contributed by atoms with van der Waals surface area (Å²) in [4.78, 5) is 11.6. The fraction of sp³-hybridized carbons (Fsp3) is 0.914. The Bertz CT molecular complexity index is 726. The zero-order valence-electron chi connectivity index (χ0n) is 26.9. The smallest absolute Gasteiger partial charge is 0.334 e. The van der Waals surface area contributed by atoms with Crippen LogP contribution >= 0.6 is 0 Å². The molecule has 2 aliphatic rings. The molecule has 42 heavy (non-hydrogen) atoms. The largest absolute Gasteiger partial charge is 0.455 e. The zero-order chi connectivity index (χ0) is 30.6. The fourth-order valence-electron chi connectivity index (χ4n) is 6.41. The van der Waals surface area contributed by atoms with Crippen LogP contribution in [0.3, 0.4) is 0 Å². The maximum absolute atomic E-state index is 11.6. The molecule has 0 unspecified atom stereocenters. The van der Waals surface area contributed by atoms with Gasteiger partial charge in [-0.2, -0.15) is 0 Å². The molecule has 0 aromatic carbocycles. The predicted molar refractivity (Wildman–Crippen MR) is 168 cm³/mol. The van der Waals surface area contributed by atoms with Crippen LogP contribution < -0.4 is 0 Å². The lowest BCUT2D eigenvalue weighted by molar-refractivity contribution is -0.139. The van der Waals surface area contributed by atoms with Gasteiger partial charge in [0.1, 0.15) is 6.10 Å². The molecule has 7 nitrogen and oxygen atoms in total. The number of hydrogen-bond acceptors (Lipinski definition) is 7. The Morgan fingerprint density at radius 2 is 1.29 bits per heavy atom. The molecule has 0 aromatic rings. The van der Waals surface area contributed by atoms with E-state index >= 15 is 0 Å². The fourth-order valence-corrected chi connectivity index (χ4v) is 6.41. The molecular formula is C35H64O7.